The van der Waals surface area contributed by atoms with Crippen molar-refractivity contribution in [1.82, 2.24) is 0 Å². The van der Waals surface area contributed by atoms with Gasteiger partial charge in [0, 0.05) is 8.35 Å². The van der Waals surface area contributed by atoms with Gasteiger partial charge in [0.05, 0.1) is 0 Å². The van der Waals surface area contributed by atoms with Crippen LogP contribution in [0, 0.1) is 0 Å². The summed E-state index contributed by atoms with van der Waals surface area (Å²) in [5.74, 6) is 0. The van der Waals surface area contributed by atoms with Gasteiger partial charge in [0.2, 0.25) is 0 Å². The summed E-state index contributed by atoms with van der Waals surface area (Å²) in [5, 5.41) is 0. The second-order valence-electron chi connectivity index (χ2n) is 0.906. The lowest BCUT2D eigenvalue weighted by Gasteiger charge is -1.90. The normalized spacial score (nSPS) is 13.7. The summed E-state index contributed by atoms with van der Waals surface area (Å²) in [6.45, 7) is 3.62. The first-order valence-corrected chi connectivity index (χ1v) is 4.41. The van der Waals surface area contributed by atoms with Crippen molar-refractivity contribution in [2.24, 2.45) is 0 Å². The van der Waals surface area contributed by atoms with Gasteiger partial charge in [-0.1, -0.05) is 51.3 Å². The van der Waals surface area contributed by atoms with Crippen molar-refractivity contribution in [3.63, 3.8) is 0 Å². The molecule has 0 aliphatic rings. The van der Waals surface area contributed by atoms with Crippen LogP contribution in [0.3, 0.4) is 0 Å². The maximum absolute atomic E-state index is 3.62. The predicted molar refractivity (Wildman–Crippen MR) is 46.9 cm³/mol. The molecule has 0 saturated heterocycles. The molecule has 0 saturated carbocycles. The molecule has 1 atom stereocenters. The highest BCUT2D eigenvalue weighted by atomic mass is 127. The van der Waals surface area contributed by atoms with Crippen molar-refractivity contribution in [3.8, 4) is 0 Å². The molecule has 6 heavy (non-hydrogen) atoms. The Bertz CT molecular complexity index is 42.8. The van der Waals surface area contributed by atoms with Crippen molar-refractivity contribution in [2.75, 3.05) is 4.43 Å². The Morgan fingerprint density at radius 2 is 2.33 bits per heavy atom. The largest absolute Gasteiger partial charge is 0.102 e. The average molecular weight is 308 g/mol. The fourth-order valence-electron chi connectivity index (χ4n) is 0.0630. The summed E-state index contributed by atoms with van der Waals surface area (Å²) < 4.78 is 1.82. The highest BCUT2D eigenvalue weighted by Crippen LogP contribution is 2.03. The molecule has 0 rings (SSSR count). The van der Waals surface area contributed by atoms with Gasteiger partial charge in [0.1, 0.15) is 0 Å². The van der Waals surface area contributed by atoms with Crippen molar-refractivity contribution in [1.29, 1.82) is 0 Å². The third-order valence-electron chi connectivity index (χ3n) is 0.403. The van der Waals surface area contributed by atoms with Crippen molar-refractivity contribution in [2.45, 2.75) is 3.92 Å². The minimum absolute atomic E-state index is 0.656. The van der Waals surface area contributed by atoms with Crippen LogP contribution in [0.1, 0.15) is 0 Å². The Kier molecular flexibility index (Phi) is 5.23. The molecule has 0 amide bonds. The van der Waals surface area contributed by atoms with Crippen LogP contribution < -0.4 is 0 Å². The van der Waals surface area contributed by atoms with Gasteiger partial charge < -0.3 is 0 Å². The monoisotopic (exact) mass is 308 g/mol. The van der Waals surface area contributed by atoms with Gasteiger partial charge in [-0.05, 0) is 0 Å². The first-order chi connectivity index (χ1) is 2.81. The van der Waals surface area contributed by atoms with Crippen LogP contribution >= 0.6 is 45.2 Å². The van der Waals surface area contributed by atoms with E-state index in [4.69, 9.17) is 0 Å². The zero-order valence-corrected chi connectivity index (χ0v) is 7.64. The zero-order chi connectivity index (χ0) is 4.99. The molecule has 0 spiro atoms. The molecule has 0 heterocycles. The summed E-state index contributed by atoms with van der Waals surface area (Å²) >= 11 is 4.68. The lowest BCUT2D eigenvalue weighted by atomic mass is 10.5. The Labute approximate surface area is 65.7 Å². The van der Waals surface area contributed by atoms with Crippen LogP contribution in [-0.2, 0) is 0 Å². The van der Waals surface area contributed by atoms with Crippen LogP contribution in [0.15, 0.2) is 12.7 Å². The fourth-order valence-corrected chi connectivity index (χ4v) is 0.423. The van der Waals surface area contributed by atoms with E-state index in [-0.39, 0.29) is 0 Å². The smallest absolute Gasteiger partial charge is 0.0376 e. The molecule has 0 aliphatic carbocycles. The number of hydrogen-bond donors (Lipinski definition) is 0. The van der Waals surface area contributed by atoms with Crippen LogP contribution in [0.5, 0.6) is 0 Å². The number of hydrogen-bond acceptors (Lipinski definition) is 0. The zero-order valence-electron chi connectivity index (χ0n) is 3.32. The SMILES string of the molecule is C=C[C@H](I)CI. The lowest BCUT2D eigenvalue weighted by Crippen LogP contribution is -1.88. The number of alkyl halides is 2. The van der Waals surface area contributed by atoms with Crippen LogP contribution in [-0.4, -0.2) is 8.35 Å². The van der Waals surface area contributed by atoms with Gasteiger partial charge in [0.15, 0.2) is 0 Å². The van der Waals surface area contributed by atoms with Crippen molar-refractivity contribution in [3.05, 3.63) is 12.7 Å². The third kappa shape index (κ3) is 3.39. The summed E-state index contributed by atoms with van der Waals surface area (Å²) in [7, 11) is 0. The van der Waals surface area contributed by atoms with E-state index in [0.29, 0.717) is 3.92 Å². The maximum atomic E-state index is 3.62. The molecule has 36 valence electrons. The molecule has 2 heteroatoms. The molecule has 0 radical (unpaired) electrons. The van der Waals surface area contributed by atoms with E-state index in [1.807, 2.05) is 6.08 Å². The molecule has 0 aromatic heterocycles. The molecule has 0 aromatic rings. The Morgan fingerprint density at radius 3 is 2.33 bits per heavy atom. The van der Waals surface area contributed by atoms with E-state index in [0.717, 1.165) is 0 Å². The number of allylic oxidation sites excluding steroid dienone is 1. The summed E-state index contributed by atoms with van der Waals surface area (Å²) in [6, 6.07) is 0. The Hall–Kier alpha value is 1.20. The second kappa shape index (κ2) is 4.36. The van der Waals surface area contributed by atoms with E-state index in [2.05, 4.69) is 51.8 Å². The van der Waals surface area contributed by atoms with Crippen LogP contribution in [0.25, 0.3) is 0 Å². The van der Waals surface area contributed by atoms with Crippen molar-refractivity contribution >= 4 is 45.2 Å². The minimum Gasteiger partial charge on any atom is -0.102 e. The Morgan fingerprint density at radius 1 is 1.83 bits per heavy atom. The van der Waals surface area contributed by atoms with Gasteiger partial charge in [0.25, 0.3) is 0 Å². The maximum Gasteiger partial charge on any atom is 0.0376 e. The van der Waals surface area contributed by atoms with E-state index >= 15 is 0 Å². The minimum atomic E-state index is 0.656. The summed E-state index contributed by atoms with van der Waals surface area (Å²) in [4.78, 5) is 0. The van der Waals surface area contributed by atoms with E-state index in [9.17, 15) is 0 Å². The van der Waals surface area contributed by atoms with Gasteiger partial charge in [-0.25, -0.2) is 0 Å². The van der Waals surface area contributed by atoms with E-state index in [1.165, 1.54) is 4.43 Å². The molecule has 0 unspecified atom stereocenters. The Balaban J connectivity index is 2.96. The first kappa shape index (κ1) is 7.20. The molecular weight excluding hydrogens is 302 g/mol. The van der Waals surface area contributed by atoms with Gasteiger partial charge >= 0.3 is 0 Å². The lowest BCUT2D eigenvalue weighted by molar-refractivity contribution is 1.37. The van der Waals surface area contributed by atoms with Gasteiger partial charge in [-0.2, -0.15) is 0 Å². The van der Waals surface area contributed by atoms with Crippen LogP contribution in [0.4, 0.5) is 0 Å². The van der Waals surface area contributed by atoms with E-state index < -0.39 is 0 Å². The van der Waals surface area contributed by atoms with Gasteiger partial charge in [-0.15, -0.1) is 6.58 Å². The molecule has 0 aromatic carbocycles. The number of halogens is 2. The van der Waals surface area contributed by atoms with Gasteiger partial charge in [-0.3, -0.25) is 0 Å². The van der Waals surface area contributed by atoms with Crippen molar-refractivity contribution < 1.29 is 0 Å². The quantitative estimate of drug-likeness (QED) is 0.417. The summed E-state index contributed by atoms with van der Waals surface area (Å²) in [6.07, 6.45) is 1.95. The van der Waals surface area contributed by atoms with E-state index in [1.54, 1.807) is 0 Å². The molecule has 0 nitrogen and oxygen atoms in total. The third-order valence-corrected chi connectivity index (χ3v) is 3.99. The van der Waals surface area contributed by atoms with Crippen LogP contribution in [0.2, 0.25) is 0 Å². The number of rotatable bonds is 2. The molecular formula is C4H6I2. The fraction of sp³-hybridized carbons (Fsp3) is 0.500. The highest BCUT2D eigenvalue weighted by molar-refractivity contribution is 14.1. The predicted octanol–water partition coefficient (Wildman–Crippen LogP) is 2.41. The highest BCUT2D eigenvalue weighted by Gasteiger charge is 1.88. The molecule has 0 N–H and O–H groups in total. The molecule has 0 fully saturated rings. The first-order valence-electron chi connectivity index (χ1n) is 1.64. The molecule has 0 bridgehead atoms. The average Bonchev–Trinajstić information content (AvgIpc) is 1.65. The second-order valence-corrected chi connectivity index (χ2v) is 3.39. The summed E-state index contributed by atoms with van der Waals surface area (Å²) in [5.41, 5.74) is 0. The molecule has 0 aliphatic heterocycles. The topological polar surface area (TPSA) is 0 Å². The standard InChI is InChI=1S/C4H6I2/c1-2-4(6)3-5/h2,4H,1,3H2/t4-/m0/s1.